The van der Waals surface area contributed by atoms with Crippen LogP contribution in [0, 0.1) is 0 Å². The molecule has 192 valence electrons. The predicted molar refractivity (Wildman–Crippen MR) is 145 cm³/mol. The number of halogens is 1. The highest BCUT2D eigenvalue weighted by molar-refractivity contribution is 5.99. The predicted octanol–water partition coefficient (Wildman–Crippen LogP) is 4.70. The van der Waals surface area contributed by atoms with Crippen molar-refractivity contribution in [1.29, 1.82) is 0 Å². The van der Waals surface area contributed by atoms with Crippen molar-refractivity contribution in [3.8, 4) is 11.5 Å². The lowest BCUT2D eigenvalue weighted by atomic mass is 9.92. The number of ether oxygens (including phenoxy) is 2. The van der Waals surface area contributed by atoms with Crippen LogP contribution >= 0.6 is 0 Å². The molecule has 0 amide bonds. The average molecular weight is 498 g/mol. The van der Waals surface area contributed by atoms with Crippen LogP contribution in [-0.2, 0) is 6.42 Å². The number of fused-ring (bicyclic) bond motifs is 1. The number of hydrogen-bond donors (Lipinski definition) is 0. The van der Waals surface area contributed by atoms with Crippen molar-refractivity contribution in [2.24, 2.45) is 0 Å². The highest BCUT2D eigenvalue weighted by Crippen LogP contribution is 2.33. The fourth-order valence-corrected chi connectivity index (χ4v) is 4.93. The molecule has 1 aliphatic heterocycles. The molecule has 35 heavy (non-hydrogen) atoms. The van der Waals surface area contributed by atoms with E-state index < -0.39 is 0 Å². The largest absolute Gasteiger partial charge is 1.00 e. The van der Waals surface area contributed by atoms with E-state index in [9.17, 15) is 0 Å². The van der Waals surface area contributed by atoms with E-state index in [1.807, 2.05) is 0 Å². The Bertz CT molecular complexity index is 936. The average Bonchev–Trinajstić information content (AvgIpc) is 2.88. The summed E-state index contributed by atoms with van der Waals surface area (Å²) in [6, 6.07) is 15.0. The molecule has 1 aliphatic rings. The maximum Gasteiger partial charge on any atom is 0.183 e. The molecular formula is C31H44ClNO2. The molecule has 3 rings (SSSR count). The fraction of sp³-hybridized carbons (Fsp3) is 0.516. The van der Waals surface area contributed by atoms with Crippen LogP contribution in [0.25, 0.3) is 6.08 Å². The molecule has 0 radical (unpaired) electrons. The quantitative estimate of drug-likeness (QED) is 0.263. The van der Waals surface area contributed by atoms with Gasteiger partial charge in [0, 0.05) is 18.4 Å². The molecule has 0 aromatic heterocycles. The lowest BCUT2D eigenvalue weighted by molar-refractivity contribution is -0.519. The van der Waals surface area contributed by atoms with Crippen molar-refractivity contribution in [2.75, 3.05) is 27.3 Å². The molecule has 0 unspecified atom stereocenters. The zero-order valence-electron chi connectivity index (χ0n) is 22.0. The number of benzene rings is 2. The van der Waals surface area contributed by atoms with Gasteiger partial charge < -0.3 is 21.9 Å². The monoisotopic (exact) mass is 497 g/mol. The third kappa shape index (κ3) is 9.04. The van der Waals surface area contributed by atoms with Crippen LogP contribution < -0.4 is 21.9 Å². The van der Waals surface area contributed by atoms with Gasteiger partial charge in [-0.2, -0.15) is 0 Å². The van der Waals surface area contributed by atoms with Gasteiger partial charge in [-0.15, -0.1) is 0 Å². The standard InChI is InChI=1S/C31H44NO2.ClH/c1-4-5-6-7-8-9-10-11-15-20-29-28-25-31(34-3)30(33-2)24-27(28)21-23-32(29)22-16-19-26-17-13-12-14-18-26;/h12-14,16-19,24-25H,4-11,15,20-23H2,1-3H3;1H/q+1;/p-1. The Morgan fingerprint density at radius 2 is 1.46 bits per heavy atom. The first-order valence-corrected chi connectivity index (χ1v) is 13.3. The molecular weight excluding hydrogens is 454 g/mol. The lowest BCUT2D eigenvalue weighted by Gasteiger charge is -2.20. The fourth-order valence-electron chi connectivity index (χ4n) is 4.93. The van der Waals surface area contributed by atoms with Crippen LogP contribution in [0.3, 0.4) is 0 Å². The van der Waals surface area contributed by atoms with Crippen molar-refractivity contribution in [3.05, 3.63) is 65.2 Å². The molecule has 0 fully saturated rings. The van der Waals surface area contributed by atoms with E-state index in [-0.39, 0.29) is 12.4 Å². The van der Waals surface area contributed by atoms with E-state index in [2.05, 4.69) is 66.1 Å². The van der Waals surface area contributed by atoms with Gasteiger partial charge in [-0.1, -0.05) is 94.7 Å². The number of unbranched alkanes of at least 4 members (excludes halogenated alkanes) is 8. The minimum absolute atomic E-state index is 0. The van der Waals surface area contributed by atoms with Gasteiger partial charge >= 0.3 is 0 Å². The second-order valence-corrected chi connectivity index (χ2v) is 9.40. The molecule has 2 aromatic rings. The van der Waals surface area contributed by atoms with Crippen molar-refractivity contribution in [2.45, 2.75) is 77.6 Å². The first-order chi connectivity index (χ1) is 16.8. The zero-order valence-corrected chi connectivity index (χ0v) is 22.8. The minimum Gasteiger partial charge on any atom is -1.00 e. The molecule has 4 heteroatoms. The first-order valence-electron chi connectivity index (χ1n) is 13.3. The Morgan fingerprint density at radius 1 is 0.829 bits per heavy atom. The molecule has 2 aromatic carbocycles. The normalized spacial score (nSPS) is 13.0. The summed E-state index contributed by atoms with van der Waals surface area (Å²) in [7, 11) is 3.45. The maximum absolute atomic E-state index is 5.65. The molecule has 0 N–H and O–H groups in total. The molecule has 0 saturated carbocycles. The van der Waals surface area contributed by atoms with Gasteiger partial charge in [0.15, 0.2) is 23.8 Å². The number of methoxy groups -OCH3 is 2. The number of hydrogen-bond acceptors (Lipinski definition) is 2. The molecule has 0 saturated heterocycles. The highest BCUT2D eigenvalue weighted by Gasteiger charge is 2.26. The van der Waals surface area contributed by atoms with Crippen LogP contribution in [0.1, 0.15) is 87.8 Å². The molecule has 0 bridgehead atoms. The maximum atomic E-state index is 5.65. The summed E-state index contributed by atoms with van der Waals surface area (Å²) in [5.41, 5.74) is 5.44. The van der Waals surface area contributed by atoms with Gasteiger partial charge in [-0.25, -0.2) is 4.58 Å². The lowest BCUT2D eigenvalue weighted by Crippen LogP contribution is -3.00. The Hall–Kier alpha value is -2.26. The topological polar surface area (TPSA) is 21.5 Å². The first kappa shape index (κ1) is 29.0. The third-order valence-corrected chi connectivity index (χ3v) is 6.91. The van der Waals surface area contributed by atoms with Gasteiger partial charge in [0.1, 0.15) is 6.54 Å². The summed E-state index contributed by atoms with van der Waals surface area (Å²) in [5, 5.41) is 0. The van der Waals surface area contributed by atoms with Gasteiger partial charge in [-0.3, -0.25) is 0 Å². The molecule has 1 heterocycles. The van der Waals surface area contributed by atoms with E-state index in [1.165, 1.54) is 80.2 Å². The second-order valence-electron chi connectivity index (χ2n) is 9.40. The Balaban J connectivity index is 0.00000432. The van der Waals surface area contributed by atoms with Crippen molar-refractivity contribution >= 4 is 11.8 Å². The molecule has 0 spiro atoms. The molecule has 0 aliphatic carbocycles. The van der Waals surface area contributed by atoms with Crippen LogP contribution in [0.5, 0.6) is 11.5 Å². The minimum atomic E-state index is 0. The Morgan fingerprint density at radius 3 is 2.11 bits per heavy atom. The Kier molecular flexibility index (Phi) is 13.6. The van der Waals surface area contributed by atoms with Crippen molar-refractivity contribution < 1.29 is 26.5 Å². The third-order valence-electron chi connectivity index (χ3n) is 6.91. The number of rotatable bonds is 15. The van der Waals surface area contributed by atoms with Gasteiger partial charge in [-0.05, 0) is 35.8 Å². The van der Waals surface area contributed by atoms with Crippen molar-refractivity contribution in [3.63, 3.8) is 0 Å². The summed E-state index contributed by atoms with van der Waals surface area (Å²) in [6.07, 6.45) is 18.9. The van der Waals surface area contributed by atoms with E-state index in [1.54, 1.807) is 14.2 Å². The van der Waals surface area contributed by atoms with E-state index >= 15 is 0 Å². The summed E-state index contributed by atoms with van der Waals surface area (Å²) < 4.78 is 13.8. The summed E-state index contributed by atoms with van der Waals surface area (Å²) in [5.74, 6) is 1.66. The van der Waals surface area contributed by atoms with Gasteiger partial charge in [0.05, 0.1) is 14.2 Å². The van der Waals surface area contributed by atoms with E-state index in [0.717, 1.165) is 37.4 Å². The Labute approximate surface area is 219 Å². The number of nitrogens with zero attached hydrogens (tertiary/aromatic N) is 1. The molecule has 0 atom stereocenters. The van der Waals surface area contributed by atoms with Crippen LogP contribution in [0.4, 0.5) is 0 Å². The van der Waals surface area contributed by atoms with Crippen molar-refractivity contribution in [1.82, 2.24) is 0 Å². The van der Waals surface area contributed by atoms with Gasteiger partial charge in [0.25, 0.3) is 0 Å². The highest BCUT2D eigenvalue weighted by atomic mass is 35.5. The second kappa shape index (κ2) is 16.4. The van der Waals surface area contributed by atoms with Crippen LogP contribution in [-0.4, -0.2) is 37.6 Å². The summed E-state index contributed by atoms with van der Waals surface area (Å²) in [4.78, 5) is 0. The van der Waals surface area contributed by atoms with E-state index in [4.69, 9.17) is 9.47 Å². The summed E-state index contributed by atoms with van der Waals surface area (Å²) >= 11 is 0. The van der Waals surface area contributed by atoms with Crippen LogP contribution in [0.2, 0.25) is 0 Å². The molecule has 3 nitrogen and oxygen atoms in total. The smallest absolute Gasteiger partial charge is 0.183 e. The SMILES string of the molecule is CCCCCCCCCCCC1=[N+](CC=Cc2ccccc2)CCc2cc(OC)c(OC)cc21.[Cl-]. The zero-order chi connectivity index (χ0) is 24.0. The summed E-state index contributed by atoms with van der Waals surface area (Å²) in [6.45, 7) is 4.28. The van der Waals surface area contributed by atoms with Crippen LogP contribution in [0.15, 0.2) is 48.5 Å². The van der Waals surface area contributed by atoms with E-state index in [0.29, 0.717) is 0 Å². The van der Waals surface area contributed by atoms with Gasteiger partial charge in [0.2, 0.25) is 0 Å².